The lowest BCUT2D eigenvalue weighted by Gasteiger charge is -2.47. The van der Waals surface area contributed by atoms with Gasteiger partial charge in [0.05, 0.1) is 3.79 Å². The highest BCUT2D eigenvalue weighted by Gasteiger charge is 2.52. The SMILES string of the molecule is CCC1(CC)C(=O)CC1c1cc(Br)sc1C. The zero-order valence-corrected chi connectivity index (χ0v) is 12.4. The van der Waals surface area contributed by atoms with E-state index in [1.165, 1.54) is 14.2 Å². The smallest absolute Gasteiger partial charge is 0.140 e. The van der Waals surface area contributed by atoms with E-state index in [9.17, 15) is 4.79 Å². The van der Waals surface area contributed by atoms with Crippen LogP contribution in [-0.4, -0.2) is 5.78 Å². The van der Waals surface area contributed by atoms with Gasteiger partial charge in [-0.1, -0.05) is 13.8 Å². The molecule has 1 fully saturated rings. The third-order valence-electron chi connectivity index (χ3n) is 4.18. The second-order valence-corrected chi connectivity index (χ2v) is 7.24. The highest BCUT2D eigenvalue weighted by Crippen LogP contribution is 2.56. The van der Waals surface area contributed by atoms with Crippen molar-refractivity contribution in [2.75, 3.05) is 0 Å². The minimum absolute atomic E-state index is 0.0642. The summed E-state index contributed by atoms with van der Waals surface area (Å²) in [5.41, 5.74) is 1.32. The topological polar surface area (TPSA) is 17.1 Å². The van der Waals surface area contributed by atoms with Crippen LogP contribution in [0, 0.1) is 12.3 Å². The molecular weight excluding hydrogens is 284 g/mol. The van der Waals surface area contributed by atoms with E-state index >= 15 is 0 Å². The molecule has 1 aromatic heterocycles. The van der Waals surface area contributed by atoms with Crippen molar-refractivity contribution in [1.29, 1.82) is 0 Å². The maximum atomic E-state index is 11.9. The molecule has 0 aliphatic heterocycles. The number of halogens is 1. The van der Waals surface area contributed by atoms with E-state index in [1.807, 2.05) is 0 Å². The normalized spacial score (nSPS) is 23.2. The third kappa shape index (κ3) is 1.60. The lowest BCUT2D eigenvalue weighted by atomic mass is 9.54. The average molecular weight is 301 g/mol. The van der Waals surface area contributed by atoms with E-state index < -0.39 is 0 Å². The molecule has 3 heteroatoms. The first-order chi connectivity index (χ1) is 7.55. The standard InChI is InChI=1S/C13H17BrOS/c1-4-13(5-2)10(7-11(13)15)9-6-12(14)16-8(9)3/h6,10H,4-5,7H2,1-3H3. The molecule has 88 valence electrons. The summed E-state index contributed by atoms with van der Waals surface area (Å²) in [6.07, 6.45) is 2.69. The molecule has 16 heavy (non-hydrogen) atoms. The van der Waals surface area contributed by atoms with Crippen LogP contribution >= 0.6 is 27.3 Å². The maximum Gasteiger partial charge on any atom is 0.140 e. The Morgan fingerprint density at radius 1 is 1.50 bits per heavy atom. The molecule has 0 bridgehead atoms. The van der Waals surface area contributed by atoms with Gasteiger partial charge in [-0.3, -0.25) is 4.79 Å². The van der Waals surface area contributed by atoms with Gasteiger partial charge in [0.15, 0.2) is 0 Å². The van der Waals surface area contributed by atoms with Gasteiger partial charge in [-0.2, -0.15) is 0 Å². The third-order valence-corrected chi connectivity index (χ3v) is 5.74. The van der Waals surface area contributed by atoms with E-state index in [0.717, 1.165) is 19.3 Å². The van der Waals surface area contributed by atoms with Crippen LogP contribution in [0.3, 0.4) is 0 Å². The summed E-state index contributed by atoms with van der Waals surface area (Å²) < 4.78 is 1.18. The minimum Gasteiger partial charge on any atom is -0.299 e. The number of thiophene rings is 1. The summed E-state index contributed by atoms with van der Waals surface area (Å²) in [5, 5.41) is 0. The molecule has 1 aromatic rings. The van der Waals surface area contributed by atoms with Crippen LogP contribution in [0.25, 0.3) is 0 Å². The van der Waals surface area contributed by atoms with Gasteiger partial charge in [-0.05, 0) is 47.3 Å². The lowest BCUT2D eigenvalue weighted by molar-refractivity contribution is -0.141. The highest BCUT2D eigenvalue weighted by atomic mass is 79.9. The second kappa shape index (κ2) is 4.26. The van der Waals surface area contributed by atoms with Gasteiger partial charge in [-0.15, -0.1) is 11.3 Å². The van der Waals surface area contributed by atoms with Gasteiger partial charge < -0.3 is 0 Å². The van der Waals surface area contributed by atoms with E-state index in [4.69, 9.17) is 0 Å². The number of rotatable bonds is 3. The summed E-state index contributed by atoms with van der Waals surface area (Å²) in [7, 11) is 0. The Hall–Kier alpha value is -0.150. The molecule has 1 heterocycles. The van der Waals surface area contributed by atoms with E-state index in [2.05, 4.69) is 42.8 Å². The van der Waals surface area contributed by atoms with Gasteiger partial charge in [0.1, 0.15) is 5.78 Å². The summed E-state index contributed by atoms with van der Waals surface area (Å²) in [6.45, 7) is 6.44. The summed E-state index contributed by atoms with van der Waals surface area (Å²) >= 11 is 5.31. The quantitative estimate of drug-likeness (QED) is 0.792. The Labute approximate surface area is 109 Å². The zero-order chi connectivity index (χ0) is 11.9. The fourth-order valence-electron chi connectivity index (χ4n) is 3.00. The number of carbonyl (C=O) groups is 1. The molecule has 0 aromatic carbocycles. The van der Waals surface area contributed by atoms with Crippen molar-refractivity contribution in [2.45, 2.75) is 46.0 Å². The maximum absolute atomic E-state index is 11.9. The van der Waals surface area contributed by atoms with Crippen molar-refractivity contribution in [3.05, 3.63) is 20.3 Å². The molecule has 0 radical (unpaired) electrons. The van der Waals surface area contributed by atoms with E-state index in [1.54, 1.807) is 11.3 Å². The van der Waals surface area contributed by atoms with Crippen LogP contribution < -0.4 is 0 Å². The molecule has 1 nitrogen and oxygen atoms in total. The largest absolute Gasteiger partial charge is 0.299 e. The first kappa shape index (κ1) is 12.3. The summed E-state index contributed by atoms with van der Waals surface area (Å²) in [6, 6.07) is 2.21. The highest BCUT2D eigenvalue weighted by molar-refractivity contribution is 9.11. The number of hydrogen-bond donors (Lipinski definition) is 0. The van der Waals surface area contributed by atoms with Crippen molar-refractivity contribution in [3.8, 4) is 0 Å². The Morgan fingerprint density at radius 3 is 2.50 bits per heavy atom. The molecule has 0 N–H and O–H groups in total. The number of hydrogen-bond acceptors (Lipinski definition) is 2. The van der Waals surface area contributed by atoms with Gasteiger partial charge in [0, 0.05) is 22.6 Å². The molecule has 1 aliphatic carbocycles. The first-order valence-electron chi connectivity index (χ1n) is 5.84. The molecule has 1 saturated carbocycles. The zero-order valence-electron chi connectivity index (χ0n) is 9.97. The number of Topliss-reactive ketones (excluding diaryl/α,β-unsaturated/α-hetero) is 1. The fourth-order valence-corrected chi connectivity index (χ4v) is 4.77. The van der Waals surface area contributed by atoms with Crippen LogP contribution in [-0.2, 0) is 4.79 Å². The van der Waals surface area contributed by atoms with Crippen LogP contribution in [0.1, 0.15) is 49.5 Å². The van der Waals surface area contributed by atoms with Gasteiger partial charge in [0.25, 0.3) is 0 Å². The van der Waals surface area contributed by atoms with Gasteiger partial charge in [0.2, 0.25) is 0 Å². The Kier molecular flexibility index (Phi) is 3.28. The molecule has 0 saturated heterocycles. The Balaban J connectivity index is 2.36. The predicted molar refractivity (Wildman–Crippen MR) is 72.1 cm³/mol. The second-order valence-electron chi connectivity index (χ2n) is 4.61. The molecule has 1 atom stereocenters. The number of ketones is 1. The fraction of sp³-hybridized carbons (Fsp3) is 0.615. The van der Waals surface area contributed by atoms with Crippen LogP contribution in [0.2, 0.25) is 0 Å². The molecule has 1 aliphatic rings. The van der Waals surface area contributed by atoms with Gasteiger partial charge in [-0.25, -0.2) is 0 Å². The number of carbonyl (C=O) groups excluding carboxylic acids is 1. The van der Waals surface area contributed by atoms with Crippen molar-refractivity contribution in [2.24, 2.45) is 5.41 Å². The molecule has 0 spiro atoms. The monoisotopic (exact) mass is 300 g/mol. The van der Waals surface area contributed by atoms with Crippen molar-refractivity contribution in [3.63, 3.8) is 0 Å². The minimum atomic E-state index is -0.0642. The van der Waals surface area contributed by atoms with Crippen LogP contribution in [0.5, 0.6) is 0 Å². The van der Waals surface area contributed by atoms with Crippen molar-refractivity contribution < 1.29 is 4.79 Å². The van der Waals surface area contributed by atoms with Crippen LogP contribution in [0.4, 0.5) is 0 Å². The summed E-state index contributed by atoms with van der Waals surface area (Å²) in [4.78, 5) is 13.3. The Morgan fingerprint density at radius 2 is 2.12 bits per heavy atom. The van der Waals surface area contributed by atoms with Crippen LogP contribution in [0.15, 0.2) is 9.85 Å². The first-order valence-corrected chi connectivity index (χ1v) is 7.45. The Bertz CT molecular complexity index is 418. The number of aryl methyl sites for hydroxylation is 1. The van der Waals surface area contributed by atoms with Crippen molar-refractivity contribution in [1.82, 2.24) is 0 Å². The van der Waals surface area contributed by atoms with E-state index in [0.29, 0.717) is 11.7 Å². The van der Waals surface area contributed by atoms with E-state index in [-0.39, 0.29) is 5.41 Å². The lowest BCUT2D eigenvalue weighted by Crippen LogP contribution is -2.47. The molecule has 0 amide bonds. The molecular formula is C13H17BrOS. The molecule has 1 unspecified atom stereocenters. The van der Waals surface area contributed by atoms with Crippen molar-refractivity contribution >= 4 is 33.0 Å². The average Bonchev–Trinajstić information content (AvgIpc) is 2.56. The summed E-state index contributed by atoms with van der Waals surface area (Å²) in [5.74, 6) is 0.918. The molecule has 2 rings (SSSR count). The predicted octanol–water partition coefficient (Wildman–Crippen LogP) is 4.68. The van der Waals surface area contributed by atoms with Gasteiger partial charge >= 0.3 is 0 Å².